The summed E-state index contributed by atoms with van der Waals surface area (Å²) < 4.78 is 1.01. The molecule has 2 rings (SSSR count). The van der Waals surface area contributed by atoms with Gasteiger partial charge in [0.25, 0.3) is 0 Å². The second kappa shape index (κ2) is 7.72. The smallest absolute Gasteiger partial charge is 0.156 e. The predicted molar refractivity (Wildman–Crippen MR) is 86.3 cm³/mol. The van der Waals surface area contributed by atoms with Crippen molar-refractivity contribution in [3.8, 4) is 0 Å². The summed E-state index contributed by atoms with van der Waals surface area (Å²) in [6, 6.07) is 2.13. The molecule has 7 heteroatoms. The van der Waals surface area contributed by atoms with Crippen LogP contribution in [0.4, 0.5) is 0 Å². The first-order valence-corrected chi connectivity index (χ1v) is 7.96. The van der Waals surface area contributed by atoms with Gasteiger partial charge in [-0.1, -0.05) is 12.1 Å². The first-order chi connectivity index (χ1) is 10.1. The van der Waals surface area contributed by atoms with Crippen molar-refractivity contribution in [2.45, 2.75) is 25.9 Å². The number of amidine groups is 1. The summed E-state index contributed by atoms with van der Waals surface area (Å²) in [7, 11) is 0. The molecule has 21 heavy (non-hydrogen) atoms. The first-order valence-electron chi connectivity index (χ1n) is 7.17. The fraction of sp³-hybridized carbons (Fsp3) is 0.571. The molecule has 0 spiro atoms. The lowest BCUT2D eigenvalue weighted by atomic mass is 10.1. The summed E-state index contributed by atoms with van der Waals surface area (Å²) in [6.45, 7) is 6.76. The van der Waals surface area contributed by atoms with Crippen molar-refractivity contribution in [2.24, 2.45) is 10.9 Å². The molecule has 2 heterocycles. The van der Waals surface area contributed by atoms with Gasteiger partial charge in [-0.3, -0.25) is 14.8 Å². The first kappa shape index (κ1) is 16.2. The van der Waals surface area contributed by atoms with Gasteiger partial charge in [0.05, 0.1) is 6.04 Å². The Morgan fingerprint density at radius 1 is 1.43 bits per heavy atom. The van der Waals surface area contributed by atoms with E-state index in [9.17, 15) is 0 Å². The molecule has 0 aromatic carbocycles. The van der Waals surface area contributed by atoms with Crippen molar-refractivity contribution in [3.63, 3.8) is 0 Å². The third-order valence-electron chi connectivity index (χ3n) is 3.86. The van der Waals surface area contributed by atoms with Crippen molar-refractivity contribution in [3.05, 3.63) is 28.5 Å². The van der Waals surface area contributed by atoms with Gasteiger partial charge in [0.1, 0.15) is 0 Å². The standard InChI is InChI=1S/C14H22BrN5O/c1-2-13(14(16)18-21)20-5-3-19(4-6-20)10-11-7-12(15)9-17-8-11/h7-9,13,21H,2-6,10H2,1H3,(H2,16,18). The topological polar surface area (TPSA) is 78.0 Å². The molecule has 1 aliphatic rings. The Hall–Kier alpha value is -1.18. The minimum absolute atomic E-state index is 0.0321. The van der Waals surface area contributed by atoms with E-state index in [2.05, 4.69) is 48.9 Å². The number of rotatable bonds is 5. The Bertz CT molecular complexity index is 488. The largest absolute Gasteiger partial charge is 0.409 e. The highest BCUT2D eigenvalue weighted by Crippen LogP contribution is 2.14. The Balaban J connectivity index is 1.88. The van der Waals surface area contributed by atoms with Crippen molar-refractivity contribution in [1.29, 1.82) is 0 Å². The van der Waals surface area contributed by atoms with Crippen LogP contribution in [0.15, 0.2) is 28.1 Å². The maximum absolute atomic E-state index is 8.85. The number of hydrogen-bond acceptors (Lipinski definition) is 5. The van der Waals surface area contributed by atoms with Crippen LogP contribution in [0.2, 0.25) is 0 Å². The minimum atomic E-state index is 0.0321. The van der Waals surface area contributed by atoms with Crippen molar-refractivity contribution >= 4 is 21.8 Å². The highest BCUT2D eigenvalue weighted by atomic mass is 79.9. The van der Waals surface area contributed by atoms with Crippen LogP contribution in [0.5, 0.6) is 0 Å². The number of pyridine rings is 1. The van der Waals surface area contributed by atoms with Gasteiger partial charge in [-0.2, -0.15) is 0 Å². The van der Waals surface area contributed by atoms with E-state index in [1.165, 1.54) is 5.56 Å². The maximum atomic E-state index is 8.85. The zero-order valence-electron chi connectivity index (χ0n) is 12.2. The molecular weight excluding hydrogens is 334 g/mol. The van der Waals surface area contributed by atoms with E-state index in [0.717, 1.165) is 43.6 Å². The van der Waals surface area contributed by atoms with E-state index in [1.54, 1.807) is 6.20 Å². The van der Waals surface area contributed by atoms with Gasteiger partial charge in [0, 0.05) is 49.6 Å². The Labute approximate surface area is 133 Å². The highest BCUT2D eigenvalue weighted by molar-refractivity contribution is 9.10. The van der Waals surface area contributed by atoms with Gasteiger partial charge in [0.15, 0.2) is 5.84 Å². The zero-order valence-corrected chi connectivity index (χ0v) is 13.8. The molecule has 1 aromatic heterocycles. The number of oxime groups is 1. The lowest BCUT2D eigenvalue weighted by Gasteiger charge is -2.38. The summed E-state index contributed by atoms with van der Waals surface area (Å²) in [5.74, 6) is 0.308. The molecule has 1 saturated heterocycles. The van der Waals surface area contributed by atoms with Crippen LogP contribution in [0, 0.1) is 0 Å². The molecule has 6 nitrogen and oxygen atoms in total. The molecule has 1 unspecified atom stereocenters. The summed E-state index contributed by atoms with van der Waals surface area (Å²) in [6.07, 6.45) is 4.55. The molecular formula is C14H22BrN5O. The normalized spacial score (nSPS) is 19.6. The van der Waals surface area contributed by atoms with E-state index >= 15 is 0 Å². The summed E-state index contributed by atoms with van der Waals surface area (Å²) in [4.78, 5) is 8.88. The number of nitrogens with two attached hydrogens (primary N) is 1. The average Bonchev–Trinajstić information content (AvgIpc) is 2.49. The van der Waals surface area contributed by atoms with Gasteiger partial charge >= 0.3 is 0 Å². The van der Waals surface area contributed by atoms with Gasteiger partial charge in [-0.15, -0.1) is 0 Å². The predicted octanol–water partition coefficient (Wildman–Crippen LogP) is 1.49. The van der Waals surface area contributed by atoms with Gasteiger partial charge in [-0.25, -0.2) is 0 Å². The minimum Gasteiger partial charge on any atom is -0.409 e. The Kier molecular flexibility index (Phi) is 5.96. The molecule has 116 valence electrons. The fourth-order valence-electron chi connectivity index (χ4n) is 2.75. The van der Waals surface area contributed by atoms with E-state index in [-0.39, 0.29) is 6.04 Å². The van der Waals surface area contributed by atoms with Crippen LogP contribution in [0.1, 0.15) is 18.9 Å². The van der Waals surface area contributed by atoms with E-state index in [1.807, 2.05) is 6.20 Å². The van der Waals surface area contributed by atoms with Crippen molar-refractivity contribution < 1.29 is 5.21 Å². The van der Waals surface area contributed by atoms with E-state index in [4.69, 9.17) is 10.9 Å². The monoisotopic (exact) mass is 355 g/mol. The van der Waals surface area contributed by atoms with Crippen molar-refractivity contribution in [1.82, 2.24) is 14.8 Å². The van der Waals surface area contributed by atoms with Crippen molar-refractivity contribution in [2.75, 3.05) is 26.2 Å². The quantitative estimate of drug-likeness (QED) is 0.362. The molecule has 0 amide bonds. The molecule has 1 aliphatic heterocycles. The lowest BCUT2D eigenvalue weighted by molar-refractivity contribution is 0.109. The molecule has 0 saturated carbocycles. The summed E-state index contributed by atoms with van der Waals surface area (Å²) in [5.41, 5.74) is 6.97. The molecule has 0 aliphatic carbocycles. The number of nitrogens with zero attached hydrogens (tertiary/aromatic N) is 4. The van der Waals surface area contributed by atoms with Gasteiger partial charge in [-0.05, 0) is 34.0 Å². The number of hydrogen-bond donors (Lipinski definition) is 2. The van der Waals surface area contributed by atoms with Crippen LogP contribution in [-0.2, 0) is 6.54 Å². The Morgan fingerprint density at radius 3 is 2.71 bits per heavy atom. The van der Waals surface area contributed by atoms with Gasteiger partial charge in [0.2, 0.25) is 0 Å². The second-order valence-electron chi connectivity index (χ2n) is 5.27. The summed E-state index contributed by atoms with van der Waals surface area (Å²) in [5, 5.41) is 12.0. The van der Waals surface area contributed by atoms with Gasteiger partial charge < -0.3 is 10.9 Å². The molecule has 3 N–H and O–H groups in total. The van der Waals surface area contributed by atoms with E-state index in [0.29, 0.717) is 5.84 Å². The third kappa shape index (κ3) is 4.39. The summed E-state index contributed by atoms with van der Waals surface area (Å²) >= 11 is 3.45. The molecule has 0 radical (unpaired) electrons. The lowest BCUT2D eigenvalue weighted by Crippen LogP contribution is -2.53. The number of halogens is 1. The average molecular weight is 356 g/mol. The Morgan fingerprint density at radius 2 is 2.14 bits per heavy atom. The number of piperazine rings is 1. The SMILES string of the molecule is CCC(/C(N)=N/O)N1CCN(Cc2cncc(Br)c2)CC1. The van der Waals surface area contributed by atoms with Crippen LogP contribution in [0.25, 0.3) is 0 Å². The van der Waals surface area contributed by atoms with Crippen LogP contribution >= 0.6 is 15.9 Å². The van der Waals surface area contributed by atoms with Crippen LogP contribution in [-0.4, -0.2) is 58.0 Å². The molecule has 1 atom stereocenters. The highest BCUT2D eigenvalue weighted by Gasteiger charge is 2.25. The third-order valence-corrected chi connectivity index (χ3v) is 4.29. The number of aromatic nitrogens is 1. The second-order valence-corrected chi connectivity index (χ2v) is 6.19. The fourth-order valence-corrected chi connectivity index (χ4v) is 3.17. The zero-order chi connectivity index (χ0) is 15.2. The van der Waals surface area contributed by atoms with Crippen LogP contribution < -0.4 is 5.73 Å². The molecule has 0 bridgehead atoms. The molecule has 1 aromatic rings. The molecule has 1 fully saturated rings. The van der Waals surface area contributed by atoms with Crippen LogP contribution in [0.3, 0.4) is 0 Å². The van der Waals surface area contributed by atoms with E-state index < -0.39 is 0 Å². The maximum Gasteiger partial charge on any atom is 0.156 e.